The van der Waals surface area contributed by atoms with Crippen LogP contribution in [0, 0.1) is 0 Å². The Morgan fingerprint density at radius 1 is 0.950 bits per heavy atom. The van der Waals surface area contributed by atoms with Crippen molar-refractivity contribution >= 4 is 50.7 Å². The molecule has 0 aromatic heterocycles. The second kappa shape index (κ2) is 13.9. The summed E-state index contributed by atoms with van der Waals surface area (Å²) in [5.74, 6) is -0.424. The van der Waals surface area contributed by atoms with Gasteiger partial charge in [-0.05, 0) is 80.4 Å². The minimum Gasteiger partial charge on any atom is -0.497 e. The Morgan fingerprint density at radius 2 is 1.57 bits per heavy atom. The van der Waals surface area contributed by atoms with Crippen LogP contribution in [0.1, 0.15) is 32.8 Å². The molecule has 214 valence electrons. The van der Waals surface area contributed by atoms with E-state index in [0.717, 1.165) is 4.31 Å². The lowest BCUT2D eigenvalue weighted by atomic mass is 10.1. The zero-order valence-corrected chi connectivity index (χ0v) is 25.1. The van der Waals surface area contributed by atoms with Crippen LogP contribution in [0.4, 0.5) is 5.69 Å². The van der Waals surface area contributed by atoms with Crippen molar-refractivity contribution < 1.29 is 22.7 Å². The van der Waals surface area contributed by atoms with Crippen molar-refractivity contribution in [2.75, 3.05) is 18.0 Å². The van der Waals surface area contributed by atoms with E-state index in [1.54, 1.807) is 43.3 Å². The molecule has 3 rings (SSSR count). The van der Waals surface area contributed by atoms with Gasteiger partial charge < -0.3 is 15.0 Å². The maximum Gasteiger partial charge on any atom is 0.264 e. The van der Waals surface area contributed by atoms with E-state index in [9.17, 15) is 18.0 Å². The summed E-state index contributed by atoms with van der Waals surface area (Å²) < 4.78 is 33.9. The number of anilines is 1. The second-order valence-electron chi connectivity index (χ2n) is 9.36. The number of carbonyl (C=O) groups is 2. The molecular weight excluding hydrogens is 573 g/mol. The van der Waals surface area contributed by atoms with Crippen molar-refractivity contribution in [1.29, 1.82) is 0 Å². The largest absolute Gasteiger partial charge is 0.497 e. The van der Waals surface area contributed by atoms with Gasteiger partial charge in [-0.25, -0.2) is 8.42 Å². The van der Waals surface area contributed by atoms with Crippen LogP contribution in [-0.2, 0) is 26.2 Å². The Hall–Kier alpha value is -3.27. The van der Waals surface area contributed by atoms with Crippen molar-refractivity contribution in [3.8, 4) is 5.75 Å². The van der Waals surface area contributed by atoms with Gasteiger partial charge in [-0.15, -0.1) is 0 Å². The molecule has 1 atom stereocenters. The van der Waals surface area contributed by atoms with Crippen molar-refractivity contribution in [1.82, 2.24) is 10.2 Å². The number of halogens is 2. The maximum absolute atomic E-state index is 14.0. The van der Waals surface area contributed by atoms with Gasteiger partial charge in [0.25, 0.3) is 10.0 Å². The number of rotatable bonds is 12. The highest BCUT2D eigenvalue weighted by atomic mass is 35.5. The summed E-state index contributed by atoms with van der Waals surface area (Å²) in [6.07, 6.45) is 0.306. The zero-order chi connectivity index (χ0) is 29.4. The minimum atomic E-state index is -4.21. The molecule has 2 amide bonds. The lowest BCUT2D eigenvalue weighted by Crippen LogP contribution is -2.53. The first-order valence-electron chi connectivity index (χ1n) is 12.7. The van der Waals surface area contributed by atoms with Gasteiger partial charge in [0, 0.05) is 22.6 Å². The molecule has 0 saturated heterocycles. The molecule has 0 unspecified atom stereocenters. The number of ether oxygens (including phenoxy) is 1. The van der Waals surface area contributed by atoms with Crippen molar-refractivity contribution in [2.45, 2.75) is 50.7 Å². The number of methoxy groups -OCH3 is 1. The molecule has 0 saturated carbocycles. The number of hydrogen-bond acceptors (Lipinski definition) is 5. The van der Waals surface area contributed by atoms with Gasteiger partial charge in [0.2, 0.25) is 11.8 Å². The lowest BCUT2D eigenvalue weighted by Gasteiger charge is -2.33. The standard InChI is InChI=1S/C29H33Cl2N3O5S/c1-5-27(29(36)32-20(2)3)33(18-21-8-6-7-9-26(21)31)28(35)19-34(23-12-10-22(30)11-13-23)40(37,38)25-16-14-24(39-4)15-17-25/h6-17,20,27H,5,18-19H2,1-4H3,(H,32,36)/t27-/m0/s1. The van der Waals surface area contributed by atoms with Crippen LogP contribution in [0.2, 0.25) is 10.0 Å². The first-order chi connectivity index (χ1) is 19.0. The fourth-order valence-electron chi connectivity index (χ4n) is 4.12. The summed E-state index contributed by atoms with van der Waals surface area (Å²) in [5.41, 5.74) is 0.871. The van der Waals surface area contributed by atoms with Gasteiger partial charge in [0.15, 0.2) is 0 Å². The Bertz CT molecular complexity index is 1410. The Kier molecular flexibility index (Phi) is 10.8. The molecule has 3 aromatic rings. The molecule has 3 aromatic carbocycles. The summed E-state index contributed by atoms with van der Waals surface area (Å²) in [6.45, 7) is 4.90. The Morgan fingerprint density at radius 3 is 2.12 bits per heavy atom. The highest BCUT2D eigenvalue weighted by Gasteiger charge is 2.34. The molecule has 40 heavy (non-hydrogen) atoms. The first kappa shape index (κ1) is 31.3. The number of sulfonamides is 1. The van der Waals surface area contributed by atoms with Crippen LogP contribution >= 0.6 is 23.2 Å². The average molecular weight is 607 g/mol. The van der Waals surface area contributed by atoms with Crippen LogP contribution in [-0.4, -0.2) is 50.9 Å². The van der Waals surface area contributed by atoms with Crippen molar-refractivity contribution in [3.05, 3.63) is 88.4 Å². The van der Waals surface area contributed by atoms with Crippen molar-refractivity contribution in [2.24, 2.45) is 0 Å². The number of nitrogens with one attached hydrogen (secondary N) is 1. The van der Waals surface area contributed by atoms with E-state index >= 15 is 0 Å². The summed E-state index contributed by atoms with van der Waals surface area (Å²) in [6, 6.07) is 18.0. The van der Waals surface area contributed by atoms with Crippen LogP contribution in [0.15, 0.2) is 77.7 Å². The molecule has 0 bridgehead atoms. The van der Waals surface area contributed by atoms with E-state index in [2.05, 4.69) is 5.32 Å². The van der Waals surface area contributed by atoms with E-state index in [4.69, 9.17) is 27.9 Å². The molecule has 11 heteroatoms. The third-order valence-corrected chi connectivity index (χ3v) is 8.57. The van der Waals surface area contributed by atoms with Crippen molar-refractivity contribution in [3.63, 3.8) is 0 Å². The van der Waals surface area contributed by atoms with E-state index in [-0.39, 0.29) is 29.1 Å². The van der Waals surface area contributed by atoms with Crippen LogP contribution in [0.3, 0.4) is 0 Å². The van der Waals surface area contributed by atoms with Gasteiger partial charge in [-0.1, -0.05) is 48.3 Å². The number of benzene rings is 3. The molecule has 1 N–H and O–H groups in total. The molecule has 8 nitrogen and oxygen atoms in total. The molecule has 0 fully saturated rings. The fraction of sp³-hybridized carbons (Fsp3) is 0.310. The molecule has 0 aliphatic rings. The minimum absolute atomic E-state index is 0.0135. The molecule has 0 heterocycles. The highest BCUT2D eigenvalue weighted by molar-refractivity contribution is 7.92. The monoisotopic (exact) mass is 605 g/mol. The van der Waals surface area contributed by atoms with Gasteiger partial charge in [-0.2, -0.15) is 0 Å². The molecule has 0 spiro atoms. The summed E-state index contributed by atoms with van der Waals surface area (Å²) in [7, 11) is -2.73. The van der Waals surface area contributed by atoms with Gasteiger partial charge in [0.1, 0.15) is 18.3 Å². The predicted octanol–water partition coefficient (Wildman–Crippen LogP) is 5.53. The zero-order valence-electron chi connectivity index (χ0n) is 22.8. The topological polar surface area (TPSA) is 96.0 Å². The molecular formula is C29H33Cl2N3O5S. The van der Waals surface area contributed by atoms with E-state index in [1.165, 1.54) is 48.4 Å². The number of hydrogen-bond donors (Lipinski definition) is 1. The number of amides is 2. The lowest BCUT2D eigenvalue weighted by molar-refractivity contribution is -0.140. The van der Waals surface area contributed by atoms with Crippen LogP contribution < -0.4 is 14.4 Å². The highest BCUT2D eigenvalue weighted by Crippen LogP contribution is 2.28. The van der Waals surface area contributed by atoms with E-state index in [0.29, 0.717) is 27.8 Å². The fourth-order valence-corrected chi connectivity index (χ4v) is 5.86. The average Bonchev–Trinajstić information content (AvgIpc) is 2.92. The van der Waals surface area contributed by atoms with Gasteiger partial charge in [-0.3, -0.25) is 13.9 Å². The summed E-state index contributed by atoms with van der Waals surface area (Å²) >= 11 is 12.5. The normalized spacial score (nSPS) is 12.1. The van der Waals surface area contributed by atoms with E-state index < -0.39 is 28.5 Å². The van der Waals surface area contributed by atoms with Gasteiger partial charge in [0.05, 0.1) is 17.7 Å². The third kappa shape index (κ3) is 7.68. The molecule has 0 aliphatic carbocycles. The third-order valence-electron chi connectivity index (χ3n) is 6.16. The van der Waals surface area contributed by atoms with E-state index in [1.807, 2.05) is 13.8 Å². The molecule has 0 aliphatic heterocycles. The maximum atomic E-state index is 14.0. The predicted molar refractivity (Wildman–Crippen MR) is 158 cm³/mol. The van der Waals surface area contributed by atoms with Gasteiger partial charge >= 0.3 is 0 Å². The Balaban J connectivity index is 2.07. The summed E-state index contributed by atoms with van der Waals surface area (Å²) in [4.78, 5) is 28.6. The number of carbonyl (C=O) groups excluding carboxylic acids is 2. The number of nitrogens with zero attached hydrogens (tertiary/aromatic N) is 2. The van der Waals surface area contributed by atoms with Crippen LogP contribution in [0.25, 0.3) is 0 Å². The molecule has 0 radical (unpaired) electrons. The quantitative estimate of drug-likeness (QED) is 0.293. The first-order valence-corrected chi connectivity index (χ1v) is 14.9. The smallest absolute Gasteiger partial charge is 0.264 e. The SMILES string of the molecule is CC[C@@H](C(=O)NC(C)C)N(Cc1ccccc1Cl)C(=O)CN(c1ccc(Cl)cc1)S(=O)(=O)c1ccc(OC)cc1. The summed E-state index contributed by atoms with van der Waals surface area (Å²) in [5, 5.41) is 3.70. The second-order valence-corrected chi connectivity index (χ2v) is 12.1. The van der Waals surface area contributed by atoms with Crippen LogP contribution in [0.5, 0.6) is 5.75 Å². The Labute approximate surface area is 245 Å².